The van der Waals surface area contributed by atoms with Crippen LogP contribution in [0.25, 0.3) is 103 Å². The molecular weight excluding hydrogens is 579 g/mol. The van der Waals surface area contributed by atoms with Gasteiger partial charge in [0.05, 0.1) is 27.8 Å². The Hall–Kier alpha value is -5.84. The van der Waals surface area contributed by atoms with E-state index in [1.165, 1.54) is 69.0 Å². The first-order chi connectivity index (χ1) is 22.8. The maximum Gasteiger partial charge on any atom is 0.160 e. The molecule has 0 fully saturated rings. The third-order valence-electron chi connectivity index (χ3n) is 9.70. The lowest BCUT2D eigenvalue weighted by molar-refractivity contribution is 1.23. The Bertz CT molecular complexity index is 3020. The van der Waals surface area contributed by atoms with Crippen molar-refractivity contribution in [1.82, 2.24) is 14.4 Å². The SMILES string of the molecule is c1ccc(-c2nc(-c3ccc4sc5c6cc7c(cc6ccc5c4c3)c3cccc4c5ccccc5n7c43)nc3ccccc23)cc1. The zero-order valence-corrected chi connectivity index (χ0v) is 25.3. The van der Waals surface area contributed by atoms with Crippen LogP contribution >= 0.6 is 11.3 Å². The molecule has 0 aliphatic carbocycles. The van der Waals surface area contributed by atoms with Crippen LogP contribution in [0.2, 0.25) is 0 Å². The van der Waals surface area contributed by atoms with Gasteiger partial charge in [0.15, 0.2) is 5.82 Å². The number of benzene rings is 7. The van der Waals surface area contributed by atoms with E-state index in [1.807, 2.05) is 23.5 Å². The molecule has 11 rings (SSSR count). The molecule has 0 amide bonds. The standard InChI is InChI=1S/C42H23N3S/c1-2-9-24(10-3-1)39-31-12-4-6-15-35(31)43-42(44-39)26-18-20-38-34(22-26)30-19-17-25-21-33-29-14-8-13-28-27-11-5-7-16-36(27)45(40(28)29)37(33)23-32(25)41(30)46-38/h1-23H. The summed E-state index contributed by atoms with van der Waals surface area (Å²) in [5, 5.41) is 11.4. The molecule has 0 atom stereocenters. The van der Waals surface area contributed by atoms with Crippen molar-refractivity contribution in [2.75, 3.05) is 0 Å². The average Bonchev–Trinajstić information content (AvgIpc) is 3.77. The van der Waals surface area contributed by atoms with Crippen LogP contribution in [0.15, 0.2) is 140 Å². The minimum atomic E-state index is 0.749. The second-order valence-electron chi connectivity index (χ2n) is 12.2. The van der Waals surface area contributed by atoms with E-state index >= 15 is 0 Å². The van der Waals surface area contributed by atoms with E-state index in [4.69, 9.17) is 9.97 Å². The van der Waals surface area contributed by atoms with Crippen molar-refractivity contribution in [3.63, 3.8) is 0 Å². The smallest absolute Gasteiger partial charge is 0.160 e. The normalized spacial score (nSPS) is 12.3. The van der Waals surface area contributed by atoms with E-state index in [0.717, 1.165) is 33.5 Å². The molecule has 0 radical (unpaired) electrons. The molecule has 0 aliphatic rings. The van der Waals surface area contributed by atoms with Crippen LogP contribution < -0.4 is 0 Å². The van der Waals surface area contributed by atoms with E-state index in [9.17, 15) is 0 Å². The number of rotatable bonds is 2. The maximum absolute atomic E-state index is 5.15. The first-order valence-electron chi connectivity index (χ1n) is 15.6. The number of hydrogen-bond acceptors (Lipinski definition) is 3. The fourth-order valence-corrected chi connectivity index (χ4v) is 8.85. The highest BCUT2D eigenvalue weighted by atomic mass is 32.1. The molecule has 0 saturated carbocycles. The van der Waals surface area contributed by atoms with Crippen molar-refractivity contribution in [3.8, 4) is 22.6 Å². The first-order valence-corrected chi connectivity index (χ1v) is 16.4. The summed E-state index contributed by atoms with van der Waals surface area (Å²) in [5.41, 5.74) is 7.89. The molecule has 0 spiro atoms. The first kappa shape index (κ1) is 24.5. The summed E-state index contributed by atoms with van der Waals surface area (Å²) in [6.07, 6.45) is 0. The topological polar surface area (TPSA) is 30.2 Å². The number of aromatic nitrogens is 3. The van der Waals surface area contributed by atoms with Gasteiger partial charge in [-0.25, -0.2) is 9.97 Å². The number of hydrogen-bond donors (Lipinski definition) is 0. The zero-order valence-electron chi connectivity index (χ0n) is 24.5. The van der Waals surface area contributed by atoms with Gasteiger partial charge >= 0.3 is 0 Å². The summed E-state index contributed by atoms with van der Waals surface area (Å²) in [6.45, 7) is 0. The van der Waals surface area contributed by atoms with Crippen LogP contribution in [-0.4, -0.2) is 14.4 Å². The Morgan fingerprint density at radius 2 is 1.24 bits per heavy atom. The molecule has 0 aliphatic heterocycles. The number of nitrogens with zero attached hydrogens (tertiary/aromatic N) is 3. The van der Waals surface area contributed by atoms with Crippen LogP contribution in [0, 0.1) is 0 Å². The lowest BCUT2D eigenvalue weighted by Gasteiger charge is -2.09. The number of fused-ring (bicyclic) bond motifs is 12. The summed E-state index contributed by atoms with van der Waals surface area (Å²) < 4.78 is 5.06. The zero-order chi connectivity index (χ0) is 29.9. The molecule has 4 aromatic heterocycles. The van der Waals surface area contributed by atoms with Crippen LogP contribution in [0.5, 0.6) is 0 Å². The van der Waals surface area contributed by atoms with Gasteiger partial charge in [-0.1, -0.05) is 97.1 Å². The van der Waals surface area contributed by atoms with Crippen LogP contribution in [-0.2, 0) is 0 Å². The van der Waals surface area contributed by atoms with Crippen LogP contribution in [0.1, 0.15) is 0 Å². The Morgan fingerprint density at radius 1 is 0.457 bits per heavy atom. The minimum absolute atomic E-state index is 0.749. The molecule has 11 aromatic rings. The molecule has 7 aromatic carbocycles. The van der Waals surface area contributed by atoms with Gasteiger partial charge < -0.3 is 4.40 Å². The average molecular weight is 602 g/mol. The predicted octanol–water partition coefficient (Wildman–Crippen LogP) is 11.6. The highest BCUT2D eigenvalue weighted by Gasteiger charge is 2.19. The summed E-state index contributed by atoms with van der Waals surface area (Å²) >= 11 is 1.88. The van der Waals surface area contributed by atoms with Crippen molar-refractivity contribution in [1.29, 1.82) is 0 Å². The van der Waals surface area contributed by atoms with Gasteiger partial charge in [0.25, 0.3) is 0 Å². The third-order valence-corrected chi connectivity index (χ3v) is 10.9. The largest absolute Gasteiger partial charge is 0.308 e. The van der Waals surface area contributed by atoms with Gasteiger partial charge in [-0.05, 0) is 47.9 Å². The highest BCUT2D eigenvalue weighted by Crippen LogP contribution is 2.44. The summed E-state index contributed by atoms with van der Waals surface area (Å²) in [6, 6.07) is 50.3. The molecular formula is C42H23N3S. The van der Waals surface area contributed by atoms with Gasteiger partial charge in [0, 0.05) is 63.6 Å². The fourth-order valence-electron chi connectivity index (χ4n) is 7.64. The van der Waals surface area contributed by atoms with Gasteiger partial charge in [0.1, 0.15) is 0 Å². The van der Waals surface area contributed by atoms with Crippen molar-refractivity contribution in [2.45, 2.75) is 0 Å². The molecule has 0 N–H and O–H groups in total. The van der Waals surface area contributed by atoms with Gasteiger partial charge in [-0.3, -0.25) is 0 Å². The number of thiophene rings is 1. The molecule has 212 valence electrons. The Morgan fingerprint density at radius 3 is 2.15 bits per heavy atom. The fraction of sp³-hybridized carbons (Fsp3) is 0. The minimum Gasteiger partial charge on any atom is -0.308 e. The monoisotopic (exact) mass is 601 g/mol. The molecule has 4 heterocycles. The van der Waals surface area contributed by atoms with Gasteiger partial charge in [0.2, 0.25) is 0 Å². The van der Waals surface area contributed by atoms with E-state index in [1.54, 1.807) is 0 Å². The third kappa shape index (κ3) is 3.21. The van der Waals surface area contributed by atoms with E-state index in [0.29, 0.717) is 0 Å². The van der Waals surface area contributed by atoms with Gasteiger partial charge in [-0.15, -0.1) is 11.3 Å². The lowest BCUT2D eigenvalue weighted by atomic mass is 10.0. The summed E-state index contributed by atoms with van der Waals surface area (Å²) in [5.74, 6) is 0.749. The van der Waals surface area contributed by atoms with Crippen molar-refractivity contribution in [3.05, 3.63) is 140 Å². The molecule has 46 heavy (non-hydrogen) atoms. The van der Waals surface area contributed by atoms with Gasteiger partial charge in [-0.2, -0.15) is 0 Å². The van der Waals surface area contributed by atoms with E-state index in [2.05, 4.69) is 132 Å². The molecule has 0 saturated heterocycles. The Labute approximate surface area is 266 Å². The maximum atomic E-state index is 5.15. The summed E-state index contributed by atoms with van der Waals surface area (Å²) in [4.78, 5) is 10.2. The van der Waals surface area contributed by atoms with E-state index < -0.39 is 0 Å². The quantitative estimate of drug-likeness (QED) is 0.197. The molecule has 0 unspecified atom stereocenters. The Kier molecular flexibility index (Phi) is 4.72. The van der Waals surface area contributed by atoms with Crippen LogP contribution in [0.4, 0.5) is 0 Å². The van der Waals surface area contributed by atoms with Crippen molar-refractivity contribution < 1.29 is 0 Å². The number of para-hydroxylation sites is 3. The van der Waals surface area contributed by atoms with Crippen molar-refractivity contribution >= 4 is 91.3 Å². The summed E-state index contributed by atoms with van der Waals surface area (Å²) in [7, 11) is 0. The molecule has 0 bridgehead atoms. The Balaban J connectivity index is 1.16. The molecule has 3 nitrogen and oxygen atoms in total. The highest BCUT2D eigenvalue weighted by molar-refractivity contribution is 7.26. The second kappa shape index (κ2) is 8.87. The lowest BCUT2D eigenvalue weighted by Crippen LogP contribution is -1.95. The molecule has 4 heteroatoms. The van der Waals surface area contributed by atoms with Crippen molar-refractivity contribution in [2.24, 2.45) is 0 Å². The predicted molar refractivity (Wildman–Crippen MR) is 195 cm³/mol. The van der Waals surface area contributed by atoms with E-state index in [-0.39, 0.29) is 0 Å². The van der Waals surface area contributed by atoms with Crippen LogP contribution in [0.3, 0.4) is 0 Å². The second-order valence-corrected chi connectivity index (χ2v) is 13.2.